The first kappa shape index (κ1) is 6.86. The molecule has 0 bridgehead atoms. The van der Waals surface area contributed by atoms with Crippen LogP contribution in [0.2, 0.25) is 0 Å². The van der Waals surface area contributed by atoms with Crippen molar-refractivity contribution in [1.82, 2.24) is 0 Å². The topological polar surface area (TPSA) is 49.8 Å². The van der Waals surface area contributed by atoms with Crippen LogP contribution in [0, 0.1) is 0 Å². The standard InChI is InChI=1S/C7H8O3/c1-4(7(8)9)3-6-5(2)10-6/h3H,1-2H3,(H,8,9). The van der Waals surface area contributed by atoms with E-state index < -0.39 is 5.97 Å². The molecule has 0 aliphatic carbocycles. The summed E-state index contributed by atoms with van der Waals surface area (Å²) >= 11 is 0. The number of hydrogen-bond acceptors (Lipinski definition) is 2. The molecule has 0 unspecified atom stereocenters. The molecule has 0 saturated heterocycles. The SMILES string of the molecule is CC(=CC1=C(C)O1)C(=O)O. The van der Waals surface area contributed by atoms with Crippen LogP contribution < -0.4 is 0 Å². The largest absolute Gasteiger partial charge is 0.478 e. The Hall–Kier alpha value is -1.25. The van der Waals surface area contributed by atoms with Gasteiger partial charge in [0.1, 0.15) is 5.76 Å². The first-order valence-corrected chi connectivity index (χ1v) is 2.91. The normalized spacial score (nSPS) is 16.8. The molecule has 10 heavy (non-hydrogen) atoms. The number of ether oxygens (including phenoxy) is 1. The highest BCUT2D eigenvalue weighted by atomic mass is 16.6. The number of rotatable bonds is 2. The molecule has 1 aliphatic heterocycles. The molecule has 1 heterocycles. The summed E-state index contributed by atoms with van der Waals surface area (Å²) in [6, 6.07) is 0. The Balaban J connectivity index is 2.64. The summed E-state index contributed by atoms with van der Waals surface area (Å²) < 4.78 is 4.83. The van der Waals surface area contributed by atoms with Crippen molar-refractivity contribution in [3.8, 4) is 0 Å². The van der Waals surface area contributed by atoms with E-state index in [4.69, 9.17) is 9.84 Å². The third kappa shape index (κ3) is 1.37. The minimum atomic E-state index is -0.907. The molecule has 0 aromatic carbocycles. The van der Waals surface area contributed by atoms with Crippen LogP contribution in [-0.2, 0) is 9.53 Å². The van der Waals surface area contributed by atoms with Gasteiger partial charge in [0.15, 0.2) is 5.76 Å². The van der Waals surface area contributed by atoms with E-state index in [9.17, 15) is 4.79 Å². The van der Waals surface area contributed by atoms with Gasteiger partial charge in [-0.1, -0.05) is 0 Å². The Labute approximate surface area is 58.6 Å². The Morgan fingerprint density at radius 2 is 2.20 bits per heavy atom. The predicted octanol–water partition coefficient (Wildman–Crippen LogP) is 1.28. The molecule has 3 heteroatoms. The van der Waals surface area contributed by atoms with Crippen molar-refractivity contribution in [3.05, 3.63) is 23.2 Å². The van der Waals surface area contributed by atoms with Crippen molar-refractivity contribution in [3.63, 3.8) is 0 Å². The maximum Gasteiger partial charge on any atom is 0.331 e. The summed E-state index contributed by atoms with van der Waals surface area (Å²) in [4.78, 5) is 10.2. The lowest BCUT2D eigenvalue weighted by molar-refractivity contribution is -0.132. The van der Waals surface area contributed by atoms with Crippen LogP contribution in [0.15, 0.2) is 23.2 Å². The van der Waals surface area contributed by atoms with Crippen molar-refractivity contribution < 1.29 is 14.6 Å². The van der Waals surface area contributed by atoms with Gasteiger partial charge in [0.05, 0.1) is 0 Å². The second kappa shape index (κ2) is 2.17. The van der Waals surface area contributed by atoms with Gasteiger partial charge in [-0.3, -0.25) is 0 Å². The number of hydrogen-bond donors (Lipinski definition) is 1. The second-order valence-corrected chi connectivity index (χ2v) is 2.16. The van der Waals surface area contributed by atoms with E-state index in [2.05, 4.69) is 0 Å². The average Bonchev–Trinajstić information content (AvgIpc) is 2.46. The highest BCUT2D eigenvalue weighted by Gasteiger charge is 2.17. The van der Waals surface area contributed by atoms with Crippen molar-refractivity contribution >= 4 is 5.97 Å². The van der Waals surface area contributed by atoms with Crippen molar-refractivity contribution in [2.24, 2.45) is 0 Å². The molecule has 0 aromatic rings. The number of carboxylic acids is 1. The monoisotopic (exact) mass is 140 g/mol. The van der Waals surface area contributed by atoms with E-state index in [0.29, 0.717) is 11.3 Å². The molecule has 0 radical (unpaired) electrons. The molecule has 3 nitrogen and oxygen atoms in total. The van der Waals surface area contributed by atoms with Crippen LogP contribution in [0.4, 0.5) is 0 Å². The van der Waals surface area contributed by atoms with Gasteiger partial charge in [0, 0.05) is 5.57 Å². The molecule has 0 fully saturated rings. The van der Waals surface area contributed by atoms with E-state index in [1.165, 1.54) is 13.0 Å². The molecule has 0 amide bonds. The van der Waals surface area contributed by atoms with E-state index in [1.54, 1.807) is 6.92 Å². The van der Waals surface area contributed by atoms with Gasteiger partial charge in [0.25, 0.3) is 0 Å². The van der Waals surface area contributed by atoms with Gasteiger partial charge in [0.2, 0.25) is 0 Å². The van der Waals surface area contributed by atoms with Crippen LogP contribution in [0.1, 0.15) is 13.8 Å². The smallest absolute Gasteiger partial charge is 0.331 e. The first-order chi connectivity index (χ1) is 4.61. The van der Waals surface area contributed by atoms with Gasteiger partial charge >= 0.3 is 5.97 Å². The molecule has 1 aliphatic rings. The van der Waals surface area contributed by atoms with Crippen LogP contribution in [0.3, 0.4) is 0 Å². The first-order valence-electron chi connectivity index (χ1n) is 2.91. The molecular formula is C7H8O3. The lowest BCUT2D eigenvalue weighted by Crippen LogP contribution is -1.94. The maximum atomic E-state index is 10.2. The zero-order valence-corrected chi connectivity index (χ0v) is 5.84. The molecule has 54 valence electrons. The number of aliphatic carboxylic acids is 1. The van der Waals surface area contributed by atoms with Gasteiger partial charge in [-0.25, -0.2) is 4.79 Å². The Morgan fingerprint density at radius 3 is 2.50 bits per heavy atom. The molecule has 0 saturated carbocycles. The summed E-state index contributed by atoms with van der Waals surface area (Å²) in [5.41, 5.74) is 0.298. The Bertz CT molecular complexity index is 235. The van der Waals surface area contributed by atoms with Crippen LogP contribution in [0.25, 0.3) is 0 Å². The summed E-state index contributed by atoms with van der Waals surface area (Å²) in [5.74, 6) is 0.580. The molecular weight excluding hydrogens is 132 g/mol. The maximum absolute atomic E-state index is 10.2. The van der Waals surface area contributed by atoms with Crippen molar-refractivity contribution in [2.45, 2.75) is 13.8 Å². The van der Waals surface area contributed by atoms with Crippen molar-refractivity contribution in [1.29, 1.82) is 0 Å². The lowest BCUT2D eigenvalue weighted by Gasteiger charge is -1.85. The molecule has 0 aromatic heterocycles. The highest BCUT2D eigenvalue weighted by molar-refractivity contribution is 5.86. The zero-order chi connectivity index (χ0) is 7.72. The minimum Gasteiger partial charge on any atom is -0.478 e. The summed E-state index contributed by atoms with van der Waals surface area (Å²) in [6.45, 7) is 3.32. The average molecular weight is 140 g/mol. The predicted molar refractivity (Wildman–Crippen MR) is 35.2 cm³/mol. The summed E-state index contributed by atoms with van der Waals surface area (Å²) in [6.07, 6.45) is 1.51. The summed E-state index contributed by atoms with van der Waals surface area (Å²) in [5, 5.41) is 8.40. The fourth-order valence-corrected chi connectivity index (χ4v) is 0.529. The van der Waals surface area contributed by atoms with Crippen molar-refractivity contribution in [2.75, 3.05) is 0 Å². The fraction of sp³-hybridized carbons (Fsp3) is 0.286. The van der Waals surface area contributed by atoms with Crippen LogP contribution in [0.5, 0.6) is 0 Å². The minimum absolute atomic E-state index is 0.298. The number of carboxylic acid groups (broad SMARTS) is 1. The van der Waals surface area contributed by atoms with E-state index in [1.807, 2.05) is 0 Å². The Kier molecular flexibility index (Phi) is 1.49. The molecule has 0 atom stereocenters. The molecule has 1 rings (SSSR count). The lowest BCUT2D eigenvalue weighted by atomic mass is 10.3. The third-order valence-electron chi connectivity index (χ3n) is 1.25. The van der Waals surface area contributed by atoms with Gasteiger partial charge in [-0.15, -0.1) is 0 Å². The van der Waals surface area contributed by atoms with E-state index in [0.717, 1.165) is 5.76 Å². The number of carbonyl (C=O) groups is 1. The zero-order valence-electron chi connectivity index (χ0n) is 5.84. The van der Waals surface area contributed by atoms with Crippen LogP contribution >= 0.6 is 0 Å². The highest BCUT2D eigenvalue weighted by Crippen LogP contribution is 2.26. The number of allylic oxidation sites excluding steroid dienone is 2. The molecule has 0 spiro atoms. The van der Waals surface area contributed by atoms with Gasteiger partial charge in [-0.05, 0) is 19.9 Å². The van der Waals surface area contributed by atoms with Crippen LogP contribution in [-0.4, -0.2) is 11.1 Å². The van der Waals surface area contributed by atoms with Gasteiger partial charge < -0.3 is 9.84 Å². The fourth-order valence-electron chi connectivity index (χ4n) is 0.529. The quantitative estimate of drug-likeness (QED) is 0.588. The summed E-state index contributed by atoms with van der Waals surface area (Å²) in [7, 11) is 0. The van der Waals surface area contributed by atoms with E-state index in [-0.39, 0.29) is 0 Å². The Morgan fingerprint density at radius 1 is 1.70 bits per heavy atom. The third-order valence-corrected chi connectivity index (χ3v) is 1.25. The second-order valence-electron chi connectivity index (χ2n) is 2.16. The van der Waals surface area contributed by atoms with Gasteiger partial charge in [-0.2, -0.15) is 0 Å². The van der Waals surface area contributed by atoms with E-state index >= 15 is 0 Å². The molecule has 1 N–H and O–H groups in total.